The van der Waals surface area contributed by atoms with Crippen molar-refractivity contribution in [2.75, 3.05) is 0 Å². The Morgan fingerprint density at radius 2 is 0.590 bits per heavy atom. The monoisotopic (exact) mass is 1360 g/mol. The van der Waals surface area contributed by atoms with Crippen LogP contribution in [0.5, 0.6) is 0 Å². The molecule has 0 N–H and O–H groups in total. The topological polar surface area (TPSA) is 19.7 Å². The Morgan fingerprint density at radius 3 is 1.02 bits per heavy atom. The van der Waals surface area contributed by atoms with Gasteiger partial charge in [-0.05, 0) is 130 Å². The van der Waals surface area contributed by atoms with Crippen LogP contribution in [0.2, 0.25) is 0 Å². The van der Waals surface area contributed by atoms with Crippen LogP contribution in [0.1, 0.15) is 22.3 Å². The summed E-state index contributed by atoms with van der Waals surface area (Å²) in [6, 6.07) is 134. The van der Waals surface area contributed by atoms with E-state index in [4.69, 9.17) is 0 Å². The largest absolute Gasteiger partial charge is 0.309 e. The van der Waals surface area contributed by atoms with E-state index < -0.39 is 5.41 Å². The van der Waals surface area contributed by atoms with Crippen LogP contribution in [-0.4, -0.2) is 31.7 Å². The molecule has 0 fully saturated rings. The van der Waals surface area contributed by atoms with E-state index in [1.54, 1.807) is 0 Å². The Kier molecular flexibility index (Phi) is 12.1. The Labute approximate surface area is 614 Å². The minimum atomic E-state index is -0.747. The number of benzene rings is 16. The lowest BCUT2D eigenvalue weighted by Crippen LogP contribution is -2.55. The fourth-order valence-electron chi connectivity index (χ4n) is 19.8. The summed E-state index contributed by atoms with van der Waals surface area (Å²) in [7, 11) is 0. The van der Waals surface area contributed by atoms with Crippen molar-refractivity contribution in [2.45, 2.75) is 25.0 Å². The zero-order valence-corrected chi connectivity index (χ0v) is 58.4. The molecular weight excluding hydrogens is 1310 g/mol. The minimum absolute atomic E-state index is 0.0220. The third kappa shape index (κ3) is 7.76. The highest BCUT2D eigenvalue weighted by atomic mass is 32.2. The van der Waals surface area contributed by atoms with E-state index >= 15 is 0 Å². The molecule has 4 aliphatic rings. The number of rotatable bonds is 6. The third-order valence-corrected chi connectivity index (χ3v) is 26.3. The Hall–Kier alpha value is -12.5. The fraction of sp³-hybridized carbons (Fsp3) is 0.0103. The number of hydrogen-bond donors (Lipinski definition) is 0. The number of fused-ring (bicyclic) bond motifs is 30. The van der Waals surface area contributed by atoms with E-state index in [2.05, 4.69) is 370 Å². The molecule has 6 heterocycles. The first kappa shape index (κ1) is 58.1. The van der Waals surface area contributed by atoms with Gasteiger partial charge in [-0.15, -0.1) is 0 Å². The van der Waals surface area contributed by atoms with Gasteiger partial charge in [0.2, 0.25) is 13.4 Å². The number of hydrogen-bond acceptors (Lipinski definition) is 2. The van der Waals surface area contributed by atoms with Crippen molar-refractivity contribution >= 4 is 157 Å². The second kappa shape index (κ2) is 21.8. The van der Waals surface area contributed by atoms with Crippen molar-refractivity contribution in [3.05, 3.63) is 374 Å². The van der Waals surface area contributed by atoms with Gasteiger partial charge in [-0.25, -0.2) is 0 Å². The average Bonchev–Trinajstić information content (AvgIpc) is 1.65. The molecule has 0 radical (unpaired) electrons. The smallest absolute Gasteiger partial charge is 0.244 e. The van der Waals surface area contributed by atoms with Crippen LogP contribution < -0.4 is 32.8 Å². The summed E-state index contributed by atoms with van der Waals surface area (Å²) in [5.74, 6) is 0. The van der Waals surface area contributed by atoms with E-state index in [-0.39, 0.29) is 13.4 Å². The first-order valence-electron chi connectivity index (χ1n) is 36.5. The maximum atomic E-state index is 2.60. The molecule has 2 aliphatic heterocycles. The van der Waals surface area contributed by atoms with E-state index in [1.807, 2.05) is 23.5 Å². The fourth-order valence-corrected chi connectivity index (χ4v) is 22.4. The molecule has 484 valence electrons. The molecular formula is C97H58B2N4S2. The first-order chi connectivity index (χ1) is 52.2. The van der Waals surface area contributed by atoms with E-state index in [1.165, 1.54) is 184 Å². The van der Waals surface area contributed by atoms with Gasteiger partial charge in [0.25, 0.3) is 0 Å². The zero-order valence-electron chi connectivity index (χ0n) is 56.7. The molecule has 0 saturated heterocycles. The predicted molar refractivity (Wildman–Crippen MR) is 443 cm³/mol. The second-order valence-electron chi connectivity index (χ2n) is 28.8. The molecule has 0 saturated carbocycles. The van der Waals surface area contributed by atoms with Crippen LogP contribution in [-0.2, 0) is 5.41 Å². The van der Waals surface area contributed by atoms with Crippen molar-refractivity contribution in [1.82, 2.24) is 18.3 Å². The van der Waals surface area contributed by atoms with Crippen molar-refractivity contribution in [2.24, 2.45) is 0 Å². The Morgan fingerprint density at radius 1 is 0.238 bits per heavy atom. The summed E-state index contributed by atoms with van der Waals surface area (Å²) in [6.45, 7) is 0.0440. The molecule has 0 atom stereocenters. The van der Waals surface area contributed by atoms with Crippen LogP contribution in [0.15, 0.2) is 371 Å². The van der Waals surface area contributed by atoms with Gasteiger partial charge in [0.15, 0.2) is 0 Å². The predicted octanol–water partition coefficient (Wildman–Crippen LogP) is 20.4. The molecule has 20 aromatic rings. The highest BCUT2D eigenvalue weighted by molar-refractivity contribution is 8.00. The third-order valence-electron chi connectivity index (χ3n) is 23.8. The quantitative estimate of drug-likeness (QED) is 0.155. The minimum Gasteiger partial charge on any atom is -0.309 e. The van der Waals surface area contributed by atoms with Crippen LogP contribution in [0.25, 0.3) is 132 Å². The molecule has 1 spiro atoms. The molecule has 16 aromatic carbocycles. The van der Waals surface area contributed by atoms with Gasteiger partial charge in [-0.2, -0.15) is 0 Å². The lowest BCUT2D eigenvalue weighted by molar-refractivity contribution is 0.791. The van der Waals surface area contributed by atoms with E-state index in [0.717, 1.165) is 22.7 Å². The normalized spacial score (nSPS) is 13.7. The van der Waals surface area contributed by atoms with E-state index in [0.29, 0.717) is 0 Å². The molecule has 0 amide bonds. The Balaban J connectivity index is 0.815. The van der Waals surface area contributed by atoms with Crippen molar-refractivity contribution in [1.29, 1.82) is 0 Å². The summed E-state index contributed by atoms with van der Waals surface area (Å²) in [4.78, 5) is 5.25. The van der Waals surface area contributed by atoms with Gasteiger partial charge in [0.05, 0.1) is 49.5 Å². The standard InChI is InChI=1S/C97H58B2N4S2/c1-5-25-59(26-6-1)98-77-37-17-23-43-87(77)104-95-79(98)53-51-75-89(95)71-57-63(100-83-41-21-15-35-69(83)91-85(100)55-47-67-65-33-13-19-39-81(65)102(93(67)91)61-29-9-3-10-30-61)45-49-73(71)97(75)74-50-46-64(58-72(74)90-76(97)52-54-80-96(90)105-88-44-24-18-38-78(88)99(80)60-27-7-2-8-28-60)101-84-42-22-16-36-70(84)92-86(101)56-48-68-66-34-14-20-40-82(66)103(94(68)92)62-31-11-4-12-32-62/h1-58H. The summed E-state index contributed by atoms with van der Waals surface area (Å²) in [6.07, 6.45) is 0. The maximum absolute atomic E-state index is 2.60. The highest BCUT2D eigenvalue weighted by Crippen LogP contribution is 2.66. The maximum Gasteiger partial charge on any atom is 0.244 e. The van der Waals surface area contributed by atoms with Gasteiger partial charge in [0, 0.05) is 96.5 Å². The lowest BCUT2D eigenvalue weighted by atomic mass is 9.36. The molecule has 8 heteroatoms. The summed E-state index contributed by atoms with van der Waals surface area (Å²) in [5, 5.41) is 9.92. The highest BCUT2D eigenvalue weighted by Gasteiger charge is 2.55. The molecule has 2 aliphatic carbocycles. The number of nitrogens with zero attached hydrogens (tertiary/aromatic N) is 4. The first-order valence-corrected chi connectivity index (χ1v) is 38.1. The van der Waals surface area contributed by atoms with Crippen molar-refractivity contribution in [3.8, 4) is 45.0 Å². The van der Waals surface area contributed by atoms with Gasteiger partial charge in [0.1, 0.15) is 0 Å². The average molecular weight is 1370 g/mol. The van der Waals surface area contributed by atoms with Crippen LogP contribution in [0.3, 0.4) is 0 Å². The van der Waals surface area contributed by atoms with Gasteiger partial charge >= 0.3 is 0 Å². The molecule has 24 rings (SSSR count). The van der Waals surface area contributed by atoms with Crippen molar-refractivity contribution in [3.63, 3.8) is 0 Å². The Bertz CT molecular complexity index is 6740. The second-order valence-corrected chi connectivity index (χ2v) is 30.9. The van der Waals surface area contributed by atoms with Crippen LogP contribution in [0, 0.1) is 0 Å². The van der Waals surface area contributed by atoms with Crippen LogP contribution in [0.4, 0.5) is 0 Å². The lowest BCUT2D eigenvalue weighted by Gasteiger charge is -2.33. The summed E-state index contributed by atoms with van der Waals surface area (Å²) in [5.41, 5.74) is 31.7. The molecule has 4 nitrogen and oxygen atoms in total. The zero-order chi connectivity index (χ0) is 68.3. The van der Waals surface area contributed by atoms with Crippen LogP contribution >= 0.6 is 23.5 Å². The molecule has 0 unspecified atom stereocenters. The van der Waals surface area contributed by atoms with Gasteiger partial charge in [-0.1, -0.05) is 311 Å². The molecule has 105 heavy (non-hydrogen) atoms. The molecule has 4 aromatic heterocycles. The number of para-hydroxylation sites is 6. The SMILES string of the molecule is c1ccc(B2c3ccccc3Sc3c2ccc2c3-c3cc(-n4c5ccccc5c5c4ccc4c6ccccc6n(-c6ccccc6)c45)ccc3C23c2ccc(-n4c5ccccc5c5c4ccc4c6ccccc6n(-c6ccccc6)c45)cc2-c2c3ccc3c2Sc2ccccc2B3c2ccccc2)cc1. The van der Waals surface area contributed by atoms with E-state index in [9.17, 15) is 0 Å². The van der Waals surface area contributed by atoms with Crippen molar-refractivity contribution < 1.29 is 0 Å². The number of aromatic nitrogens is 4. The summed E-state index contributed by atoms with van der Waals surface area (Å²) >= 11 is 3.93. The molecule has 0 bridgehead atoms. The van der Waals surface area contributed by atoms with Gasteiger partial charge in [-0.3, -0.25) is 0 Å². The summed E-state index contributed by atoms with van der Waals surface area (Å²) < 4.78 is 10.1. The van der Waals surface area contributed by atoms with Gasteiger partial charge < -0.3 is 18.3 Å².